The summed E-state index contributed by atoms with van der Waals surface area (Å²) in [6.07, 6.45) is 0. The van der Waals surface area contributed by atoms with Gasteiger partial charge in [-0.25, -0.2) is 8.42 Å². The van der Waals surface area contributed by atoms with Gasteiger partial charge < -0.3 is 4.90 Å². The van der Waals surface area contributed by atoms with Crippen molar-refractivity contribution in [3.8, 4) is 0 Å². The summed E-state index contributed by atoms with van der Waals surface area (Å²) in [5.74, 6) is -0.144. The van der Waals surface area contributed by atoms with E-state index < -0.39 is 10.0 Å². The zero-order valence-corrected chi connectivity index (χ0v) is 13.4. The fourth-order valence-electron chi connectivity index (χ4n) is 1.70. The highest BCUT2D eigenvalue weighted by Crippen LogP contribution is 2.21. The Kier molecular flexibility index (Phi) is 4.64. The molecule has 1 aromatic heterocycles. The molecule has 2 rings (SSSR count). The van der Waals surface area contributed by atoms with E-state index in [1.165, 1.54) is 6.07 Å². The number of nitrogens with zero attached hydrogens (tertiary/aromatic N) is 1. The maximum atomic E-state index is 12.1. The Morgan fingerprint density at radius 1 is 1.29 bits per heavy atom. The van der Waals surface area contributed by atoms with E-state index in [1.54, 1.807) is 47.7 Å². The molecule has 0 bridgehead atoms. The van der Waals surface area contributed by atoms with E-state index in [-0.39, 0.29) is 10.1 Å². The number of carbonyl (C=O) groups is 1. The van der Waals surface area contributed by atoms with Crippen LogP contribution < -0.4 is 4.72 Å². The Labute approximate surface area is 128 Å². The number of carbonyl (C=O) groups excluding carboxylic acids is 1. The predicted octanol–water partition coefficient (Wildman–Crippen LogP) is 2.64. The summed E-state index contributed by atoms with van der Waals surface area (Å²) < 4.78 is 27.0. The van der Waals surface area contributed by atoms with Gasteiger partial charge in [-0.1, -0.05) is 12.1 Å². The number of sulfonamides is 1. The monoisotopic (exact) mass is 324 g/mol. The zero-order chi connectivity index (χ0) is 15.5. The normalized spacial score (nSPS) is 11.1. The van der Waals surface area contributed by atoms with Crippen molar-refractivity contribution in [1.29, 1.82) is 0 Å². The van der Waals surface area contributed by atoms with E-state index in [4.69, 9.17) is 0 Å². The third kappa shape index (κ3) is 3.62. The molecule has 0 fully saturated rings. The van der Waals surface area contributed by atoms with Crippen molar-refractivity contribution in [2.45, 2.75) is 11.1 Å². The Morgan fingerprint density at radius 3 is 2.67 bits per heavy atom. The summed E-state index contributed by atoms with van der Waals surface area (Å²) in [7, 11) is -1.90. The van der Waals surface area contributed by atoms with Crippen molar-refractivity contribution < 1.29 is 13.2 Å². The highest BCUT2D eigenvalue weighted by Gasteiger charge is 2.16. The van der Waals surface area contributed by atoms with E-state index in [0.717, 1.165) is 11.3 Å². The minimum absolute atomic E-state index is 0.144. The van der Waals surface area contributed by atoms with Gasteiger partial charge in [-0.15, -0.1) is 11.3 Å². The van der Waals surface area contributed by atoms with Crippen LogP contribution in [0.3, 0.4) is 0 Å². The number of rotatable bonds is 5. The van der Waals surface area contributed by atoms with Crippen molar-refractivity contribution >= 4 is 33.0 Å². The number of hydrogen-bond donors (Lipinski definition) is 1. The highest BCUT2D eigenvalue weighted by molar-refractivity contribution is 7.94. The van der Waals surface area contributed by atoms with Crippen LogP contribution in [0.2, 0.25) is 0 Å². The number of amides is 1. The van der Waals surface area contributed by atoms with Gasteiger partial charge >= 0.3 is 0 Å². The molecule has 1 aromatic carbocycles. The standard InChI is InChI=1S/C14H16N2O3S2/c1-3-16(2)14(17)11-6-4-7-12(10-11)15-21(18,19)13-8-5-9-20-13/h4-10,15H,3H2,1-2H3. The van der Waals surface area contributed by atoms with Crippen LogP contribution in [0.25, 0.3) is 0 Å². The lowest BCUT2D eigenvalue weighted by atomic mass is 10.2. The third-order valence-electron chi connectivity index (χ3n) is 2.94. The van der Waals surface area contributed by atoms with Crippen LogP contribution in [0.1, 0.15) is 17.3 Å². The van der Waals surface area contributed by atoms with Crippen molar-refractivity contribution in [1.82, 2.24) is 4.90 Å². The maximum Gasteiger partial charge on any atom is 0.271 e. The number of nitrogens with one attached hydrogen (secondary N) is 1. The van der Waals surface area contributed by atoms with Gasteiger partial charge in [-0.2, -0.15) is 0 Å². The molecular weight excluding hydrogens is 308 g/mol. The van der Waals surface area contributed by atoms with Crippen LogP contribution in [0.5, 0.6) is 0 Å². The van der Waals surface area contributed by atoms with Gasteiger partial charge in [0.15, 0.2) is 0 Å². The van der Waals surface area contributed by atoms with Gasteiger partial charge in [0, 0.05) is 24.8 Å². The lowest BCUT2D eigenvalue weighted by molar-refractivity contribution is 0.0802. The van der Waals surface area contributed by atoms with Crippen molar-refractivity contribution in [2.24, 2.45) is 0 Å². The molecule has 1 heterocycles. The molecule has 0 aliphatic heterocycles. The van der Waals surface area contributed by atoms with Crippen LogP contribution in [-0.2, 0) is 10.0 Å². The Hall–Kier alpha value is -1.86. The molecule has 1 amide bonds. The van der Waals surface area contributed by atoms with E-state index in [1.807, 2.05) is 6.92 Å². The molecule has 0 unspecified atom stereocenters. The van der Waals surface area contributed by atoms with Gasteiger partial charge in [-0.05, 0) is 36.6 Å². The third-order valence-corrected chi connectivity index (χ3v) is 5.72. The van der Waals surface area contributed by atoms with Gasteiger partial charge in [-0.3, -0.25) is 9.52 Å². The van der Waals surface area contributed by atoms with E-state index in [0.29, 0.717) is 17.8 Å². The minimum Gasteiger partial charge on any atom is -0.342 e. The molecule has 0 saturated heterocycles. The SMILES string of the molecule is CCN(C)C(=O)c1cccc(NS(=O)(=O)c2cccs2)c1. The summed E-state index contributed by atoms with van der Waals surface area (Å²) >= 11 is 1.14. The van der Waals surface area contributed by atoms with E-state index >= 15 is 0 Å². The van der Waals surface area contributed by atoms with Crippen LogP contribution in [-0.4, -0.2) is 32.8 Å². The first-order valence-corrected chi connectivity index (χ1v) is 8.72. The first kappa shape index (κ1) is 15.5. The Balaban J connectivity index is 2.25. The zero-order valence-electron chi connectivity index (χ0n) is 11.7. The molecular formula is C14H16N2O3S2. The number of hydrogen-bond acceptors (Lipinski definition) is 4. The molecule has 1 N–H and O–H groups in total. The summed E-state index contributed by atoms with van der Waals surface area (Å²) in [4.78, 5) is 13.6. The van der Waals surface area contributed by atoms with Crippen molar-refractivity contribution in [3.63, 3.8) is 0 Å². The molecule has 112 valence electrons. The summed E-state index contributed by atoms with van der Waals surface area (Å²) in [5.41, 5.74) is 0.824. The number of benzene rings is 1. The molecule has 2 aromatic rings. The quantitative estimate of drug-likeness (QED) is 0.919. The van der Waals surface area contributed by atoms with E-state index in [9.17, 15) is 13.2 Å². The summed E-state index contributed by atoms with van der Waals surface area (Å²) in [6, 6.07) is 9.69. The Bertz CT molecular complexity index is 724. The van der Waals surface area contributed by atoms with Crippen LogP contribution in [0.15, 0.2) is 46.0 Å². The molecule has 0 atom stereocenters. The summed E-state index contributed by atoms with van der Waals surface area (Å²) in [5, 5.41) is 1.70. The molecule has 0 radical (unpaired) electrons. The summed E-state index contributed by atoms with van der Waals surface area (Å²) in [6.45, 7) is 2.46. The molecule has 0 spiro atoms. The first-order valence-electron chi connectivity index (χ1n) is 6.36. The minimum atomic E-state index is -3.59. The van der Waals surface area contributed by atoms with Gasteiger partial charge in [0.1, 0.15) is 4.21 Å². The topological polar surface area (TPSA) is 66.5 Å². The second-order valence-electron chi connectivity index (χ2n) is 4.44. The largest absolute Gasteiger partial charge is 0.342 e. The molecule has 0 aliphatic rings. The molecule has 0 aliphatic carbocycles. The highest BCUT2D eigenvalue weighted by atomic mass is 32.2. The number of anilines is 1. The first-order chi connectivity index (χ1) is 9.94. The lowest BCUT2D eigenvalue weighted by Gasteiger charge is -2.15. The van der Waals surface area contributed by atoms with Crippen LogP contribution in [0.4, 0.5) is 5.69 Å². The van der Waals surface area contributed by atoms with Crippen molar-refractivity contribution in [2.75, 3.05) is 18.3 Å². The number of thiophene rings is 1. The molecule has 7 heteroatoms. The fraction of sp³-hybridized carbons (Fsp3) is 0.214. The Morgan fingerprint density at radius 2 is 2.05 bits per heavy atom. The maximum absolute atomic E-state index is 12.1. The average Bonchev–Trinajstić information content (AvgIpc) is 3.00. The van der Waals surface area contributed by atoms with Gasteiger partial charge in [0.25, 0.3) is 15.9 Å². The molecule has 0 saturated carbocycles. The average molecular weight is 324 g/mol. The molecule has 21 heavy (non-hydrogen) atoms. The lowest BCUT2D eigenvalue weighted by Crippen LogP contribution is -2.26. The van der Waals surface area contributed by atoms with Gasteiger partial charge in [0.05, 0.1) is 0 Å². The fourth-order valence-corrected chi connectivity index (χ4v) is 3.74. The smallest absolute Gasteiger partial charge is 0.271 e. The predicted molar refractivity (Wildman–Crippen MR) is 84.2 cm³/mol. The molecule has 5 nitrogen and oxygen atoms in total. The van der Waals surface area contributed by atoms with Crippen LogP contribution >= 0.6 is 11.3 Å². The van der Waals surface area contributed by atoms with Crippen molar-refractivity contribution in [3.05, 3.63) is 47.3 Å². The van der Waals surface area contributed by atoms with Crippen LogP contribution in [0, 0.1) is 0 Å². The van der Waals surface area contributed by atoms with Gasteiger partial charge in [0.2, 0.25) is 0 Å². The second-order valence-corrected chi connectivity index (χ2v) is 7.29. The second kappa shape index (κ2) is 6.28. The van der Waals surface area contributed by atoms with E-state index in [2.05, 4.69) is 4.72 Å².